The van der Waals surface area contributed by atoms with Crippen LogP contribution in [0.25, 0.3) is 10.8 Å². The van der Waals surface area contributed by atoms with E-state index in [0.29, 0.717) is 0 Å². The van der Waals surface area contributed by atoms with Gasteiger partial charge in [0.2, 0.25) is 0 Å². The zero-order chi connectivity index (χ0) is 13.1. The van der Waals surface area contributed by atoms with Gasteiger partial charge in [0.15, 0.2) is 0 Å². The fourth-order valence-electron chi connectivity index (χ4n) is 2.15. The fourth-order valence-corrected chi connectivity index (χ4v) is 2.90. The first kappa shape index (κ1) is 12.3. The number of hydrogen-bond acceptors (Lipinski definition) is 4. The minimum absolute atomic E-state index is 0.860. The van der Waals surface area contributed by atoms with Gasteiger partial charge in [0.05, 0.1) is 11.2 Å². The van der Waals surface area contributed by atoms with Crippen LogP contribution in [0.2, 0.25) is 0 Å². The van der Waals surface area contributed by atoms with Gasteiger partial charge in [0.1, 0.15) is 0 Å². The van der Waals surface area contributed by atoms with E-state index in [4.69, 9.17) is 0 Å². The van der Waals surface area contributed by atoms with Gasteiger partial charge in [0.25, 0.3) is 0 Å². The van der Waals surface area contributed by atoms with Crippen LogP contribution >= 0.6 is 11.3 Å². The minimum atomic E-state index is 0.860. The Morgan fingerprint density at radius 3 is 3.00 bits per heavy atom. The highest BCUT2D eigenvalue weighted by Gasteiger charge is 2.03. The van der Waals surface area contributed by atoms with Crippen molar-refractivity contribution >= 4 is 22.1 Å². The van der Waals surface area contributed by atoms with Crippen LogP contribution in [0.5, 0.6) is 0 Å². The minimum Gasteiger partial charge on any atom is -0.308 e. The summed E-state index contributed by atoms with van der Waals surface area (Å²) in [6.45, 7) is 3.79. The van der Waals surface area contributed by atoms with E-state index in [0.717, 1.165) is 18.8 Å². The van der Waals surface area contributed by atoms with Crippen molar-refractivity contribution in [1.29, 1.82) is 0 Å². The molecule has 1 N–H and O–H groups in total. The Hall–Kier alpha value is -1.78. The van der Waals surface area contributed by atoms with Gasteiger partial charge in [-0.15, -0.1) is 11.3 Å². The molecule has 0 saturated heterocycles. The molecular weight excluding hydrogens is 254 g/mol. The molecule has 0 bridgehead atoms. The van der Waals surface area contributed by atoms with E-state index < -0.39 is 0 Å². The van der Waals surface area contributed by atoms with E-state index >= 15 is 0 Å². The van der Waals surface area contributed by atoms with E-state index in [1.807, 2.05) is 17.9 Å². The Morgan fingerprint density at radius 2 is 2.16 bits per heavy atom. The van der Waals surface area contributed by atoms with Crippen molar-refractivity contribution < 1.29 is 0 Å². The first-order valence-corrected chi connectivity index (χ1v) is 7.14. The lowest BCUT2D eigenvalue weighted by Gasteiger charge is -2.07. The summed E-state index contributed by atoms with van der Waals surface area (Å²) in [7, 11) is 0. The smallest absolute Gasteiger partial charge is 0.0798 e. The standard InChI is InChI=1S/C15H15N3S/c1-11-15(19-10-18-11)9-17-8-13-4-2-3-12-7-16-6-5-14(12)13/h2-7,10,17H,8-9H2,1H3. The second kappa shape index (κ2) is 5.47. The van der Waals surface area contributed by atoms with Crippen molar-refractivity contribution in [2.75, 3.05) is 0 Å². The topological polar surface area (TPSA) is 37.8 Å². The highest BCUT2D eigenvalue weighted by Crippen LogP contribution is 2.18. The molecular formula is C15H15N3S. The van der Waals surface area contributed by atoms with Crippen molar-refractivity contribution in [3.8, 4) is 0 Å². The fraction of sp³-hybridized carbons (Fsp3) is 0.200. The third-order valence-corrected chi connectivity index (χ3v) is 4.15. The van der Waals surface area contributed by atoms with Crippen molar-refractivity contribution in [3.63, 3.8) is 0 Å². The first-order valence-electron chi connectivity index (χ1n) is 6.26. The summed E-state index contributed by atoms with van der Waals surface area (Å²) in [5, 5.41) is 5.95. The Kier molecular flexibility index (Phi) is 3.53. The van der Waals surface area contributed by atoms with Gasteiger partial charge >= 0.3 is 0 Å². The van der Waals surface area contributed by atoms with E-state index in [-0.39, 0.29) is 0 Å². The Balaban J connectivity index is 1.74. The van der Waals surface area contributed by atoms with Crippen LogP contribution in [0.3, 0.4) is 0 Å². The quantitative estimate of drug-likeness (QED) is 0.789. The predicted octanol–water partition coefficient (Wildman–Crippen LogP) is 3.29. The average molecular weight is 269 g/mol. The Bertz CT molecular complexity index is 685. The molecule has 2 heterocycles. The number of thiazole rings is 1. The maximum absolute atomic E-state index is 4.26. The van der Waals surface area contributed by atoms with Crippen molar-refractivity contribution in [2.24, 2.45) is 0 Å². The lowest BCUT2D eigenvalue weighted by Crippen LogP contribution is -2.12. The van der Waals surface area contributed by atoms with Gasteiger partial charge in [0, 0.05) is 35.7 Å². The number of nitrogens with zero attached hydrogens (tertiary/aromatic N) is 2. The van der Waals surface area contributed by atoms with Gasteiger partial charge in [-0.2, -0.15) is 0 Å². The molecule has 0 saturated carbocycles. The molecule has 0 amide bonds. The molecule has 4 heteroatoms. The van der Waals surface area contributed by atoms with Crippen molar-refractivity contribution in [3.05, 3.63) is 58.3 Å². The number of hydrogen-bond donors (Lipinski definition) is 1. The van der Waals surface area contributed by atoms with Crippen LogP contribution in [0.1, 0.15) is 16.1 Å². The largest absolute Gasteiger partial charge is 0.308 e. The van der Waals surface area contributed by atoms with E-state index in [2.05, 4.69) is 46.5 Å². The summed E-state index contributed by atoms with van der Waals surface area (Å²) in [6, 6.07) is 8.41. The molecule has 0 radical (unpaired) electrons. The maximum atomic E-state index is 4.26. The van der Waals surface area contributed by atoms with Gasteiger partial charge in [-0.1, -0.05) is 18.2 Å². The van der Waals surface area contributed by atoms with Gasteiger partial charge in [-0.05, 0) is 23.9 Å². The summed E-state index contributed by atoms with van der Waals surface area (Å²) in [6.07, 6.45) is 3.76. The van der Waals surface area contributed by atoms with Crippen LogP contribution < -0.4 is 5.32 Å². The van der Waals surface area contributed by atoms with Gasteiger partial charge in [-0.25, -0.2) is 4.98 Å². The summed E-state index contributed by atoms with van der Waals surface area (Å²) < 4.78 is 0. The first-order chi connectivity index (χ1) is 9.34. The van der Waals surface area contributed by atoms with Crippen LogP contribution in [-0.2, 0) is 13.1 Å². The van der Waals surface area contributed by atoms with E-state index in [1.165, 1.54) is 21.2 Å². The SMILES string of the molecule is Cc1ncsc1CNCc1cccc2cnccc12. The van der Waals surface area contributed by atoms with Crippen LogP contribution in [0.15, 0.2) is 42.2 Å². The molecule has 2 aromatic heterocycles. The molecule has 3 rings (SSSR count). The maximum Gasteiger partial charge on any atom is 0.0798 e. The number of rotatable bonds is 4. The second-order valence-corrected chi connectivity index (χ2v) is 5.42. The summed E-state index contributed by atoms with van der Waals surface area (Å²) >= 11 is 1.70. The number of fused-ring (bicyclic) bond motifs is 1. The van der Waals surface area contributed by atoms with Gasteiger partial charge < -0.3 is 5.32 Å². The zero-order valence-corrected chi connectivity index (χ0v) is 11.6. The highest BCUT2D eigenvalue weighted by atomic mass is 32.1. The number of pyridine rings is 1. The molecule has 0 aliphatic carbocycles. The molecule has 0 atom stereocenters. The normalized spacial score (nSPS) is 11.0. The Labute approximate surface area is 116 Å². The van der Waals surface area contributed by atoms with Crippen LogP contribution in [0.4, 0.5) is 0 Å². The molecule has 19 heavy (non-hydrogen) atoms. The van der Waals surface area contributed by atoms with Crippen molar-refractivity contribution in [2.45, 2.75) is 20.0 Å². The highest BCUT2D eigenvalue weighted by molar-refractivity contribution is 7.09. The molecule has 0 fully saturated rings. The van der Waals surface area contributed by atoms with Gasteiger partial charge in [-0.3, -0.25) is 4.98 Å². The number of aryl methyl sites for hydroxylation is 1. The molecule has 0 spiro atoms. The molecule has 96 valence electrons. The average Bonchev–Trinajstić information content (AvgIpc) is 2.85. The molecule has 3 aromatic rings. The molecule has 1 aromatic carbocycles. The van der Waals surface area contributed by atoms with E-state index in [9.17, 15) is 0 Å². The van der Waals surface area contributed by atoms with Crippen molar-refractivity contribution in [1.82, 2.24) is 15.3 Å². The van der Waals surface area contributed by atoms with E-state index in [1.54, 1.807) is 11.3 Å². The monoisotopic (exact) mass is 269 g/mol. The lowest BCUT2D eigenvalue weighted by molar-refractivity contribution is 0.700. The number of benzene rings is 1. The second-order valence-electron chi connectivity index (χ2n) is 4.48. The third-order valence-electron chi connectivity index (χ3n) is 3.22. The van der Waals surface area contributed by atoms with Crippen LogP contribution in [-0.4, -0.2) is 9.97 Å². The molecule has 0 aliphatic rings. The van der Waals surface area contributed by atoms with Crippen LogP contribution in [0, 0.1) is 6.92 Å². The summed E-state index contributed by atoms with van der Waals surface area (Å²) in [4.78, 5) is 9.73. The molecule has 0 unspecified atom stereocenters. The molecule has 3 nitrogen and oxygen atoms in total. The molecule has 0 aliphatic heterocycles. The zero-order valence-electron chi connectivity index (χ0n) is 10.8. The third kappa shape index (κ3) is 2.64. The number of aromatic nitrogens is 2. The summed E-state index contributed by atoms with van der Waals surface area (Å²) in [5.41, 5.74) is 4.33. The number of nitrogens with one attached hydrogen (secondary N) is 1. The predicted molar refractivity (Wildman–Crippen MR) is 79.1 cm³/mol. The lowest BCUT2D eigenvalue weighted by atomic mass is 10.1. The summed E-state index contributed by atoms with van der Waals surface area (Å²) in [5.74, 6) is 0. The Morgan fingerprint density at radius 1 is 1.21 bits per heavy atom.